The number of anilines is 1. The smallest absolute Gasteiger partial charge is 0.416 e. The molecule has 0 bridgehead atoms. The predicted molar refractivity (Wildman–Crippen MR) is 66.2 cm³/mol. The fraction of sp³-hybridized carbons (Fsp3) is 0.462. The quantitative estimate of drug-likeness (QED) is 0.886. The van der Waals surface area contributed by atoms with Gasteiger partial charge in [0.15, 0.2) is 0 Å². The summed E-state index contributed by atoms with van der Waals surface area (Å²) in [5.41, 5.74) is -0.780. The van der Waals surface area contributed by atoms with E-state index in [-0.39, 0.29) is 23.8 Å². The normalized spacial score (nSPS) is 11.2. The molecule has 1 aromatic carbocycles. The molecular weight excluding hydrogens is 259 g/mol. The molecule has 0 fully saturated rings. The largest absolute Gasteiger partial charge is 0.495 e. The molecule has 19 heavy (non-hydrogen) atoms. The summed E-state index contributed by atoms with van der Waals surface area (Å²) in [6, 6.07) is 2.99. The summed E-state index contributed by atoms with van der Waals surface area (Å²) in [6.45, 7) is 1.93. The molecule has 0 saturated carbocycles. The van der Waals surface area contributed by atoms with Gasteiger partial charge in [-0.2, -0.15) is 13.2 Å². The van der Waals surface area contributed by atoms with Crippen LogP contribution >= 0.6 is 0 Å². The Hall–Kier alpha value is -1.72. The second-order valence-electron chi connectivity index (χ2n) is 4.06. The number of methoxy groups -OCH3 is 1. The maximum absolute atomic E-state index is 12.6. The monoisotopic (exact) mass is 275 g/mol. The van der Waals surface area contributed by atoms with E-state index in [1.807, 2.05) is 6.92 Å². The van der Waals surface area contributed by atoms with Crippen LogP contribution in [0.15, 0.2) is 18.2 Å². The van der Waals surface area contributed by atoms with Gasteiger partial charge in [0.2, 0.25) is 5.91 Å². The molecule has 0 heterocycles. The lowest BCUT2D eigenvalue weighted by atomic mass is 10.1. The molecular formula is C13H16F3NO2. The SMILES string of the molecule is CCCCC(=O)Nc1cc(C(F)(F)F)ccc1OC. The molecule has 0 aromatic heterocycles. The molecule has 106 valence electrons. The number of alkyl halides is 3. The van der Waals surface area contributed by atoms with Crippen LogP contribution in [-0.4, -0.2) is 13.0 Å². The number of amides is 1. The zero-order valence-corrected chi connectivity index (χ0v) is 10.8. The van der Waals surface area contributed by atoms with Crippen LogP contribution in [0.1, 0.15) is 31.7 Å². The number of unbranched alkanes of at least 4 members (excludes halogenated alkanes) is 1. The molecule has 1 rings (SSSR count). The summed E-state index contributed by atoms with van der Waals surface area (Å²) in [5.74, 6) is -0.114. The van der Waals surface area contributed by atoms with E-state index < -0.39 is 11.7 Å². The molecule has 1 N–H and O–H groups in total. The standard InChI is InChI=1S/C13H16F3NO2/c1-3-4-5-12(18)17-10-8-9(13(14,15)16)6-7-11(10)19-2/h6-8H,3-5H2,1-2H3,(H,17,18). The topological polar surface area (TPSA) is 38.3 Å². The van der Waals surface area contributed by atoms with E-state index in [4.69, 9.17) is 4.74 Å². The molecule has 0 aliphatic heterocycles. The number of rotatable bonds is 5. The maximum Gasteiger partial charge on any atom is 0.416 e. The lowest BCUT2D eigenvalue weighted by Gasteiger charge is -2.13. The van der Waals surface area contributed by atoms with Crippen LogP contribution in [0, 0.1) is 0 Å². The van der Waals surface area contributed by atoms with Crippen LogP contribution < -0.4 is 10.1 Å². The first-order chi connectivity index (χ1) is 8.88. The van der Waals surface area contributed by atoms with Crippen molar-refractivity contribution in [2.24, 2.45) is 0 Å². The lowest BCUT2D eigenvalue weighted by molar-refractivity contribution is -0.137. The Morgan fingerprint density at radius 3 is 2.58 bits per heavy atom. The van der Waals surface area contributed by atoms with Gasteiger partial charge in [-0.3, -0.25) is 4.79 Å². The van der Waals surface area contributed by atoms with Gasteiger partial charge in [-0.1, -0.05) is 13.3 Å². The van der Waals surface area contributed by atoms with Crippen molar-refractivity contribution >= 4 is 11.6 Å². The maximum atomic E-state index is 12.6. The first kappa shape index (κ1) is 15.3. The van der Waals surface area contributed by atoms with Crippen molar-refractivity contribution in [2.45, 2.75) is 32.4 Å². The van der Waals surface area contributed by atoms with Crippen LogP contribution in [0.3, 0.4) is 0 Å². The van der Waals surface area contributed by atoms with Gasteiger partial charge in [0.1, 0.15) is 5.75 Å². The molecule has 3 nitrogen and oxygen atoms in total. The van der Waals surface area contributed by atoms with Crippen LogP contribution in [0.4, 0.5) is 18.9 Å². The number of ether oxygens (including phenoxy) is 1. The number of hydrogen-bond donors (Lipinski definition) is 1. The summed E-state index contributed by atoms with van der Waals surface area (Å²) in [5, 5.41) is 2.44. The van der Waals surface area contributed by atoms with Crippen molar-refractivity contribution in [2.75, 3.05) is 12.4 Å². The lowest BCUT2D eigenvalue weighted by Crippen LogP contribution is -2.13. The zero-order chi connectivity index (χ0) is 14.5. The van der Waals surface area contributed by atoms with Gasteiger partial charge in [-0.25, -0.2) is 0 Å². The third-order valence-corrected chi connectivity index (χ3v) is 2.56. The minimum atomic E-state index is -4.45. The molecule has 1 aromatic rings. The summed E-state index contributed by atoms with van der Waals surface area (Å²) in [4.78, 5) is 11.6. The van der Waals surface area contributed by atoms with Crippen molar-refractivity contribution in [3.8, 4) is 5.75 Å². The number of halogens is 3. The van der Waals surface area contributed by atoms with Gasteiger partial charge >= 0.3 is 6.18 Å². The molecule has 0 saturated heterocycles. The number of carbonyl (C=O) groups is 1. The van der Waals surface area contributed by atoms with E-state index in [0.29, 0.717) is 6.42 Å². The second kappa shape index (κ2) is 6.45. The number of carbonyl (C=O) groups excluding carboxylic acids is 1. The van der Waals surface area contributed by atoms with E-state index in [2.05, 4.69) is 5.32 Å². The molecule has 0 radical (unpaired) electrons. The Morgan fingerprint density at radius 2 is 2.05 bits per heavy atom. The van der Waals surface area contributed by atoms with E-state index >= 15 is 0 Å². The highest BCUT2D eigenvalue weighted by Gasteiger charge is 2.31. The summed E-state index contributed by atoms with van der Waals surface area (Å²) in [6.07, 6.45) is -2.65. The van der Waals surface area contributed by atoms with E-state index in [0.717, 1.165) is 18.6 Å². The van der Waals surface area contributed by atoms with Crippen molar-refractivity contribution in [1.29, 1.82) is 0 Å². The van der Waals surface area contributed by atoms with Crippen LogP contribution in [-0.2, 0) is 11.0 Å². The van der Waals surface area contributed by atoms with Gasteiger partial charge in [-0.15, -0.1) is 0 Å². The van der Waals surface area contributed by atoms with Gasteiger partial charge in [0.05, 0.1) is 18.4 Å². The first-order valence-electron chi connectivity index (χ1n) is 5.93. The summed E-state index contributed by atoms with van der Waals surface area (Å²) >= 11 is 0. The average Bonchev–Trinajstić information content (AvgIpc) is 2.35. The minimum absolute atomic E-state index is 0.0402. The van der Waals surface area contributed by atoms with Crippen molar-refractivity contribution in [1.82, 2.24) is 0 Å². The van der Waals surface area contributed by atoms with Gasteiger partial charge in [-0.05, 0) is 24.6 Å². The molecule has 0 atom stereocenters. The van der Waals surface area contributed by atoms with Crippen molar-refractivity contribution < 1.29 is 22.7 Å². The van der Waals surface area contributed by atoms with Crippen LogP contribution in [0.2, 0.25) is 0 Å². The molecule has 0 spiro atoms. The van der Waals surface area contributed by atoms with Crippen LogP contribution in [0.25, 0.3) is 0 Å². The number of nitrogens with one attached hydrogen (secondary N) is 1. The predicted octanol–water partition coefficient (Wildman–Crippen LogP) is 3.84. The van der Waals surface area contributed by atoms with Gasteiger partial charge < -0.3 is 10.1 Å². The molecule has 1 amide bonds. The van der Waals surface area contributed by atoms with Gasteiger partial charge in [0, 0.05) is 6.42 Å². The summed E-state index contributed by atoms with van der Waals surface area (Å²) in [7, 11) is 1.34. The molecule has 6 heteroatoms. The fourth-order valence-corrected chi connectivity index (χ4v) is 1.53. The van der Waals surface area contributed by atoms with E-state index in [1.165, 1.54) is 13.2 Å². The van der Waals surface area contributed by atoms with Crippen molar-refractivity contribution in [3.05, 3.63) is 23.8 Å². The Bertz CT molecular complexity index is 444. The highest BCUT2D eigenvalue weighted by atomic mass is 19.4. The highest BCUT2D eigenvalue weighted by Crippen LogP contribution is 2.34. The zero-order valence-electron chi connectivity index (χ0n) is 10.8. The number of benzene rings is 1. The summed E-state index contributed by atoms with van der Waals surface area (Å²) < 4.78 is 42.7. The van der Waals surface area contributed by atoms with Gasteiger partial charge in [0.25, 0.3) is 0 Å². The van der Waals surface area contributed by atoms with Crippen LogP contribution in [0.5, 0.6) is 5.75 Å². The minimum Gasteiger partial charge on any atom is -0.495 e. The Morgan fingerprint density at radius 1 is 1.37 bits per heavy atom. The van der Waals surface area contributed by atoms with E-state index in [9.17, 15) is 18.0 Å². The van der Waals surface area contributed by atoms with Crippen molar-refractivity contribution in [3.63, 3.8) is 0 Å². The Balaban J connectivity index is 2.93. The second-order valence-corrected chi connectivity index (χ2v) is 4.06. The average molecular weight is 275 g/mol. The number of hydrogen-bond acceptors (Lipinski definition) is 2. The molecule has 0 aliphatic rings. The van der Waals surface area contributed by atoms with E-state index in [1.54, 1.807) is 0 Å². The first-order valence-corrected chi connectivity index (χ1v) is 5.93. The Kier molecular flexibility index (Phi) is 5.20. The highest BCUT2D eigenvalue weighted by molar-refractivity contribution is 5.92. The Labute approximate surface area is 109 Å². The molecule has 0 aliphatic carbocycles. The fourth-order valence-electron chi connectivity index (χ4n) is 1.53. The third-order valence-electron chi connectivity index (χ3n) is 2.56. The third kappa shape index (κ3) is 4.46. The molecule has 0 unspecified atom stereocenters.